The summed E-state index contributed by atoms with van der Waals surface area (Å²) < 4.78 is 5.19. The van der Waals surface area contributed by atoms with Crippen molar-refractivity contribution in [3.63, 3.8) is 0 Å². The molecule has 5 nitrogen and oxygen atoms in total. The van der Waals surface area contributed by atoms with Crippen LogP contribution in [0.4, 0.5) is 5.13 Å². The third-order valence-corrected chi connectivity index (χ3v) is 3.28. The maximum absolute atomic E-state index is 12.0. The van der Waals surface area contributed by atoms with Gasteiger partial charge in [0.2, 0.25) is 0 Å². The number of aromatic nitrogens is 1. The first-order valence-corrected chi connectivity index (χ1v) is 5.60. The number of nitrogens with two attached hydrogens (primary N) is 1. The second kappa shape index (κ2) is 4.16. The molecule has 15 heavy (non-hydrogen) atoms. The summed E-state index contributed by atoms with van der Waals surface area (Å²) in [6.07, 6.45) is 0. The minimum absolute atomic E-state index is 0.0185. The minimum Gasteiger partial charge on any atom is -0.378 e. The lowest BCUT2D eigenvalue weighted by molar-refractivity contribution is 0.0305. The molecule has 2 heterocycles. The van der Waals surface area contributed by atoms with Gasteiger partial charge in [0.15, 0.2) is 5.13 Å². The van der Waals surface area contributed by atoms with Gasteiger partial charge >= 0.3 is 0 Å². The Morgan fingerprint density at radius 2 is 2.20 bits per heavy atom. The Hall–Kier alpha value is -1.14. The van der Waals surface area contributed by atoms with E-state index >= 15 is 0 Å². The van der Waals surface area contributed by atoms with Gasteiger partial charge in [-0.15, -0.1) is 0 Å². The van der Waals surface area contributed by atoms with Crippen molar-refractivity contribution in [3.8, 4) is 0 Å². The second-order valence-corrected chi connectivity index (χ2v) is 4.40. The molecule has 2 N–H and O–H groups in total. The molecule has 2 rings (SSSR count). The fourth-order valence-corrected chi connectivity index (χ4v) is 2.33. The molecule has 0 atom stereocenters. The predicted octanol–water partition coefficient (Wildman–Crippen LogP) is 0.506. The van der Waals surface area contributed by atoms with Crippen molar-refractivity contribution in [3.05, 3.63) is 10.6 Å². The molecule has 1 fully saturated rings. The van der Waals surface area contributed by atoms with Crippen LogP contribution in [-0.4, -0.2) is 42.1 Å². The summed E-state index contributed by atoms with van der Waals surface area (Å²) in [5, 5.41) is 0.448. The number of amides is 1. The Morgan fingerprint density at radius 1 is 1.53 bits per heavy atom. The van der Waals surface area contributed by atoms with Crippen molar-refractivity contribution in [2.45, 2.75) is 6.92 Å². The van der Waals surface area contributed by atoms with E-state index < -0.39 is 0 Å². The van der Waals surface area contributed by atoms with Gasteiger partial charge in [-0.3, -0.25) is 4.79 Å². The van der Waals surface area contributed by atoms with Crippen LogP contribution in [0.5, 0.6) is 0 Å². The number of nitrogens with zero attached hydrogens (tertiary/aromatic N) is 2. The number of thiazole rings is 1. The van der Waals surface area contributed by atoms with E-state index in [1.807, 2.05) is 0 Å². The van der Waals surface area contributed by atoms with E-state index in [0.717, 1.165) is 0 Å². The molecule has 1 aromatic rings. The van der Waals surface area contributed by atoms with E-state index in [1.54, 1.807) is 11.8 Å². The number of morpholine rings is 1. The second-order valence-electron chi connectivity index (χ2n) is 3.37. The highest BCUT2D eigenvalue weighted by Crippen LogP contribution is 2.21. The normalized spacial score (nSPS) is 16.7. The lowest BCUT2D eigenvalue weighted by Gasteiger charge is -2.26. The van der Waals surface area contributed by atoms with Crippen molar-refractivity contribution in [2.24, 2.45) is 0 Å². The summed E-state index contributed by atoms with van der Waals surface area (Å²) in [5.41, 5.74) is 6.28. The number of anilines is 1. The number of hydrogen-bond donors (Lipinski definition) is 1. The largest absolute Gasteiger partial charge is 0.378 e. The first kappa shape index (κ1) is 10.4. The van der Waals surface area contributed by atoms with Crippen LogP contribution >= 0.6 is 11.3 Å². The van der Waals surface area contributed by atoms with Crippen molar-refractivity contribution in [1.29, 1.82) is 0 Å². The Labute approximate surface area is 91.9 Å². The summed E-state index contributed by atoms with van der Waals surface area (Å²) in [5.74, 6) is 0.0185. The maximum Gasteiger partial charge on any atom is 0.266 e. The Morgan fingerprint density at radius 3 is 2.73 bits per heavy atom. The molecule has 1 saturated heterocycles. The molecule has 6 heteroatoms. The van der Waals surface area contributed by atoms with Crippen LogP contribution in [0.2, 0.25) is 0 Å². The zero-order valence-electron chi connectivity index (χ0n) is 8.52. The zero-order valence-corrected chi connectivity index (χ0v) is 9.34. The first-order chi connectivity index (χ1) is 7.18. The molecule has 0 radical (unpaired) electrons. The van der Waals surface area contributed by atoms with E-state index in [0.29, 0.717) is 42.0 Å². The number of ether oxygens (including phenoxy) is 1. The highest BCUT2D eigenvalue weighted by molar-refractivity contribution is 7.17. The van der Waals surface area contributed by atoms with Crippen LogP contribution in [0.15, 0.2) is 0 Å². The van der Waals surface area contributed by atoms with Crippen LogP contribution in [0, 0.1) is 6.92 Å². The molecule has 0 unspecified atom stereocenters. The summed E-state index contributed by atoms with van der Waals surface area (Å²) >= 11 is 1.25. The third-order valence-electron chi connectivity index (χ3n) is 2.31. The number of rotatable bonds is 1. The molecule has 0 aliphatic carbocycles. The van der Waals surface area contributed by atoms with Crippen molar-refractivity contribution < 1.29 is 9.53 Å². The van der Waals surface area contributed by atoms with Crippen molar-refractivity contribution in [1.82, 2.24) is 9.88 Å². The zero-order chi connectivity index (χ0) is 10.8. The first-order valence-electron chi connectivity index (χ1n) is 4.78. The monoisotopic (exact) mass is 227 g/mol. The summed E-state index contributed by atoms with van der Waals surface area (Å²) in [6, 6.07) is 0. The average molecular weight is 227 g/mol. The highest BCUT2D eigenvalue weighted by Gasteiger charge is 2.22. The Kier molecular flexibility index (Phi) is 2.88. The minimum atomic E-state index is 0.0185. The summed E-state index contributed by atoms with van der Waals surface area (Å²) in [7, 11) is 0. The molecular formula is C9H13N3O2S. The van der Waals surface area contributed by atoms with Gasteiger partial charge in [0.25, 0.3) is 5.91 Å². The van der Waals surface area contributed by atoms with Crippen LogP contribution in [-0.2, 0) is 4.74 Å². The van der Waals surface area contributed by atoms with Gasteiger partial charge in [-0.2, -0.15) is 0 Å². The molecule has 0 saturated carbocycles. The smallest absolute Gasteiger partial charge is 0.266 e. The van der Waals surface area contributed by atoms with Crippen molar-refractivity contribution in [2.75, 3.05) is 32.0 Å². The maximum atomic E-state index is 12.0. The van der Waals surface area contributed by atoms with E-state index in [4.69, 9.17) is 10.5 Å². The fourth-order valence-electron chi connectivity index (χ4n) is 1.53. The van der Waals surface area contributed by atoms with Crippen LogP contribution < -0.4 is 5.73 Å². The van der Waals surface area contributed by atoms with Crippen LogP contribution in [0.25, 0.3) is 0 Å². The number of hydrogen-bond acceptors (Lipinski definition) is 5. The van der Waals surface area contributed by atoms with Gasteiger partial charge in [-0.25, -0.2) is 4.98 Å². The molecule has 0 bridgehead atoms. The van der Waals surface area contributed by atoms with Crippen LogP contribution in [0.1, 0.15) is 15.4 Å². The molecular weight excluding hydrogens is 214 g/mol. The topological polar surface area (TPSA) is 68.5 Å². The molecule has 0 spiro atoms. The Balaban J connectivity index is 2.16. The molecule has 1 amide bonds. The SMILES string of the molecule is Cc1nc(N)sc1C(=O)N1CCOCC1. The van der Waals surface area contributed by atoms with Gasteiger partial charge in [0, 0.05) is 13.1 Å². The quantitative estimate of drug-likeness (QED) is 0.759. The van der Waals surface area contributed by atoms with E-state index in [2.05, 4.69) is 4.98 Å². The van der Waals surface area contributed by atoms with E-state index in [9.17, 15) is 4.79 Å². The molecule has 82 valence electrons. The number of nitrogen functional groups attached to an aromatic ring is 1. The Bertz CT molecular complexity index is 371. The molecule has 1 aliphatic heterocycles. The van der Waals surface area contributed by atoms with Gasteiger partial charge in [0.05, 0.1) is 18.9 Å². The highest BCUT2D eigenvalue weighted by atomic mass is 32.1. The molecule has 1 aliphatic rings. The summed E-state index contributed by atoms with van der Waals surface area (Å²) in [4.78, 5) is 18.5. The van der Waals surface area contributed by atoms with Gasteiger partial charge in [-0.05, 0) is 6.92 Å². The van der Waals surface area contributed by atoms with Gasteiger partial charge in [-0.1, -0.05) is 11.3 Å². The summed E-state index contributed by atoms with van der Waals surface area (Å²) in [6.45, 7) is 4.32. The van der Waals surface area contributed by atoms with Gasteiger partial charge in [0.1, 0.15) is 4.88 Å². The predicted molar refractivity (Wildman–Crippen MR) is 58.0 cm³/mol. The van der Waals surface area contributed by atoms with E-state index in [1.165, 1.54) is 11.3 Å². The average Bonchev–Trinajstić information content (AvgIpc) is 2.58. The third kappa shape index (κ3) is 2.10. The molecule has 0 aromatic carbocycles. The van der Waals surface area contributed by atoms with Gasteiger partial charge < -0.3 is 15.4 Å². The van der Waals surface area contributed by atoms with Crippen LogP contribution in [0.3, 0.4) is 0 Å². The van der Waals surface area contributed by atoms with Crippen molar-refractivity contribution >= 4 is 22.4 Å². The number of carbonyl (C=O) groups excluding carboxylic acids is 1. The number of aryl methyl sites for hydroxylation is 1. The number of carbonyl (C=O) groups is 1. The van der Waals surface area contributed by atoms with E-state index in [-0.39, 0.29) is 5.91 Å². The standard InChI is InChI=1S/C9H13N3O2S/c1-6-7(15-9(10)11-6)8(13)12-2-4-14-5-3-12/h2-5H2,1H3,(H2,10,11). The lowest BCUT2D eigenvalue weighted by atomic mass is 10.3. The molecule has 1 aromatic heterocycles. The lowest BCUT2D eigenvalue weighted by Crippen LogP contribution is -2.40. The fraction of sp³-hybridized carbons (Fsp3) is 0.556.